The topological polar surface area (TPSA) is 29.4 Å². The summed E-state index contributed by atoms with van der Waals surface area (Å²) in [5.74, 6) is 3.20. The van der Waals surface area contributed by atoms with Gasteiger partial charge in [0.2, 0.25) is 0 Å². The maximum absolute atomic E-state index is 11.5. The summed E-state index contributed by atoms with van der Waals surface area (Å²) in [5, 5.41) is 3.72. The van der Waals surface area contributed by atoms with E-state index in [1.54, 1.807) is 0 Å². The fraction of sp³-hybridized carbons (Fsp3) is 1.00. The van der Waals surface area contributed by atoms with Crippen molar-refractivity contribution in [3.8, 4) is 0 Å². The van der Waals surface area contributed by atoms with E-state index in [0.29, 0.717) is 11.3 Å². The van der Waals surface area contributed by atoms with Gasteiger partial charge < -0.3 is 0 Å². The van der Waals surface area contributed by atoms with Crippen molar-refractivity contribution >= 4 is 0 Å². The van der Waals surface area contributed by atoms with E-state index in [2.05, 4.69) is 12.1 Å². The fourth-order valence-electron chi connectivity index (χ4n) is 6.19. The van der Waals surface area contributed by atoms with Crippen molar-refractivity contribution < 1.29 is 0 Å². The van der Waals surface area contributed by atoms with Crippen molar-refractivity contribution in [2.45, 2.75) is 63.8 Å². The van der Waals surface area contributed by atoms with Gasteiger partial charge >= 0.3 is 0 Å². The number of fused-ring (bicyclic) bond motifs is 2. The first-order chi connectivity index (χ1) is 8.15. The van der Waals surface area contributed by atoms with Crippen LogP contribution in [0.3, 0.4) is 0 Å². The van der Waals surface area contributed by atoms with E-state index in [1.165, 1.54) is 38.5 Å². The number of nitrogens with zero attached hydrogens (tertiary/aromatic N) is 1. The third-order valence-corrected chi connectivity index (χ3v) is 6.93. The number of hydrogen-bond donors (Lipinski definition) is 0. The van der Waals surface area contributed by atoms with Crippen LogP contribution < -0.4 is 0 Å². The summed E-state index contributed by atoms with van der Waals surface area (Å²) in [6, 6.07) is 0. The Kier molecular flexibility index (Phi) is 1.94. The average molecular weight is 233 g/mol. The zero-order valence-corrected chi connectivity index (χ0v) is 10.8. The normalized spacial score (nSPS) is 60.1. The quantitative estimate of drug-likeness (QED) is 0.626. The molecule has 94 valence electrons. The molecule has 0 amide bonds. The van der Waals surface area contributed by atoms with E-state index in [1.807, 2.05) is 0 Å². The van der Waals surface area contributed by atoms with E-state index >= 15 is 0 Å². The van der Waals surface area contributed by atoms with Crippen LogP contribution in [0, 0.1) is 34.0 Å². The van der Waals surface area contributed by atoms with Gasteiger partial charge in [0, 0.05) is 0 Å². The summed E-state index contributed by atoms with van der Waals surface area (Å²) in [7, 11) is 0. The monoisotopic (exact) mass is 233 g/mol. The van der Waals surface area contributed by atoms with Crippen LogP contribution in [0.4, 0.5) is 0 Å². The molecule has 4 aliphatic rings. The van der Waals surface area contributed by atoms with Crippen molar-refractivity contribution in [1.82, 2.24) is 0 Å². The molecule has 0 aliphatic heterocycles. The van der Waals surface area contributed by atoms with Gasteiger partial charge in [-0.05, 0) is 80.5 Å². The molecular weight excluding hydrogens is 210 g/mol. The van der Waals surface area contributed by atoms with E-state index in [9.17, 15) is 4.91 Å². The first kappa shape index (κ1) is 10.5. The Labute approximate surface area is 104 Å². The highest BCUT2D eigenvalue weighted by molar-refractivity contribution is 5.13. The van der Waals surface area contributed by atoms with Gasteiger partial charge in [-0.2, -0.15) is 4.91 Å². The average Bonchev–Trinajstić information content (AvgIpc) is 2.36. The predicted octanol–water partition coefficient (Wildman–Crippen LogP) is 4.14. The summed E-state index contributed by atoms with van der Waals surface area (Å²) in [6.07, 6.45) is 10.5. The molecule has 0 saturated heterocycles. The molecule has 0 spiro atoms. The Morgan fingerprint density at radius 1 is 1.00 bits per heavy atom. The van der Waals surface area contributed by atoms with Crippen LogP contribution >= 0.6 is 0 Å². The summed E-state index contributed by atoms with van der Waals surface area (Å²) < 4.78 is 0. The molecule has 6 atom stereocenters. The molecule has 0 radical (unpaired) electrons. The van der Waals surface area contributed by atoms with Gasteiger partial charge in [-0.3, -0.25) is 0 Å². The third-order valence-electron chi connectivity index (χ3n) is 6.93. The second-order valence-electron chi connectivity index (χ2n) is 7.75. The minimum absolute atomic E-state index is 0.133. The fourth-order valence-corrected chi connectivity index (χ4v) is 6.19. The van der Waals surface area contributed by atoms with Crippen LogP contribution in [0.1, 0.15) is 58.3 Å². The van der Waals surface area contributed by atoms with Crippen molar-refractivity contribution in [2.75, 3.05) is 0 Å². The lowest BCUT2D eigenvalue weighted by Gasteiger charge is -2.63. The molecule has 0 aromatic carbocycles. The Hall–Kier alpha value is -0.400. The molecule has 0 N–H and O–H groups in total. The Balaban J connectivity index is 1.82. The first-order valence-electron chi connectivity index (χ1n) is 7.50. The number of hydrogen-bond acceptors (Lipinski definition) is 2. The van der Waals surface area contributed by atoms with Gasteiger partial charge in [-0.1, -0.05) is 12.1 Å². The predicted molar refractivity (Wildman–Crippen MR) is 67.5 cm³/mol. The second-order valence-corrected chi connectivity index (χ2v) is 7.75. The molecule has 0 aromatic heterocycles. The molecule has 17 heavy (non-hydrogen) atoms. The zero-order chi connectivity index (χ0) is 11.7. The van der Waals surface area contributed by atoms with Gasteiger partial charge in [-0.15, -0.1) is 0 Å². The lowest BCUT2D eigenvalue weighted by Crippen LogP contribution is -2.59. The van der Waals surface area contributed by atoms with Crippen LogP contribution in [0.2, 0.25) is 0 Å². The minimum atomic E-state index is -0.133. The Morgan fingerprint density at radius 2 is 1.71 bits per heavy atom. The van der Waals surface area contributed by atoms with E-state index in [-0.39, 0.29) is 5.54 Å². The third kappa shape index (κ3) is 1.22. The maximum Gasteiger partial charge on any atom is 0.106 e. The SMILES string of the molecule is CC12CCC3CC1C1CC(CCC1(N=O)C3)C2. The van der Waals surface area contributed by atoms with Crippen LogP contribution in [0.25, 0.3) is 0 Å². The maximum atomic E-state index is 11.5. The largest absolute Gasteiger partial charge is 0.150 e. The molecule has 2 nitrogen and oxygen atoms in total. The summed E-state index contributed by atoms with van der Waals surface area (Å²) >= 11 is 0. The highest BCUT2D eigenvalue weighted by Gasteiger charge is 2.61. The second kappa shape index (κ2) is 3.13. The highest BCUT2D eigenvalue weighted by Crippen LogP contribution is 2.66. The Morgan fingerprint density at radius 3 is 2.53 bits per heavy atom. The molecule has 4 rings (SSSR count). The van der Waals surface area contributed by atoms with Gasteiger partial charge in [0.25, 0.3) is 0 Å². The lowest BCUT2D eigenvalue weighted by atomic mass is 9.42. The van der Waals surface area contributed by atoms with Crippen LogP contribution in [-0.2, 0) is 0 Å². The molecule has 6 unspecified atom stereocenters. The zero-order valence-electron chi connectivity index (χ0n) is 10.8. The molecule has 4 bridgehead atoms. The van der Waals surface area contributed by atoms with Crippen molar-refractivity contribution in [2.24, 2.45) is 34.3 Å². The standard InChI is InChI=1S/C15H23NO/c1-14-4-2-11-6-12(14)13-7-10(8-14)3-5-15(13,9-11)16-17/h10-13H,2-9H2,1H3. The van der Waals surface area contributed by atoms with Crippen molar-refractivity contribution in [3.05, 3.63) is 4.91 Å². The van der Waals surface area contributed by atoms with Crippen LogP contribution in [0.5, 0.6) is 0 Å². The summed E-state index contributed by atoms with van der Waals surface area (Å²) in [5.41, 5.74) is 0.424. The molecule has 0 aromatic rings. The van der Waals surface area contributed by atoms with Crippen molar-refractivity contribution in [3.63, 3.8) is 0 Å². The van der Waals surface area contributed by atoms with Crippen molar-refractivity contribution in [1.29, 1.82) is 0 Å². The molecule has 4 saturated carbocycles. The van der Waals surface area contributed by atoms with E-state index in [0.717, 1.165) is 30.6 Å². The van der Waals surface area contributed by atoms with Crippen LogP contribution in [-0.4, -0.2) is 5.54 Å². The smallest absolute Gasteiger partial charge is 0.106 e. The van der Waals surface area contributed by atoms with Gasteiger partial charge in [0.15, 0.2) is 0 Å². The number of rotatable bonds is 1. The molecule has 2 heteroatoms. The van der Waals surface area contributed by atoms with Gasteiger partial charge in [0.05, 0.1) is 0 Å². The van der Waals surface area contributed by atoms with Gasteiger partial charge in [0.1, 0.15) is 5.54 Å². The van der Waals surface area contributed by atoms with E-state index in [4.69, 9.17) is 0 Å². The lowest BCUT2D eigenvalue weighted by molar-refractivity contribution is -0.123. The molecular formula is C15H23NO. The minimum Gasteiger partial charge on any atom is -0.150 e. The highest BCUT2D eigenvalue weighted by atomic mass is 16.3. The van der Waals surface area contributed by atoms with Crippen LogP contribution in [0.15, 0.2) is 5.18 Å². The summed E-state index contributed by atoms with van der Waals surface area (Å²) in [6.45, 7) is 2.51. The molecule has 4 fully saturated rings. The first-order valence-corrected chi connectivity index (χ1v) is 7.50. The van der Waals surface area contributed by atoms with E-state index < -0.39 is 0 Å². The van der Waals surface area contributed by atoms with Gasteiger partial charge in [-0.25, -0.2) is 0 Å². The number of nitroso groups, excluding NO2 is 1. The summed E-state index contributed by atoms with van der Waals surface area (Å²) in [4.78, 5) is 11.5. The Bertz CT molecular complexity index is 368. The molecule has 4 aliphatic carbocycles. The molecule has 0 heterocycles.